The van der Waals surface area contributed by atoms with Gasteiger partial charge < -0.3 is 4.90 Å². The van der Waals surface area contributed by atoms with Crippen molar-refractivity contribution in [1.82, 2.24) is 4.98 Å². The molecule has 1 atom stereocenters. The standard InChI is InChI=1S/C12H16ClN3/c1-4-5-9(2)16(3)12-7-10(8-14)6-11(13)15-12/h6-7,9H,4-5H2,1-3H3. The second kappa shape index (κ2) is 5.72. The van der Waals surface area contributed by atoms with Crippen LogP contribution in [0.15, 0.2) is 12.1 Å². The lowest BCUT2D eigenvalue weighted by Gasteiger charge is -2.25. The molecule has 0 saturated heterocycles. The summed E-state index contributed by atoms with van der Waals surface area (Å²) in [6, 6.07) is 5.81. The molecule has 16 heavy (non-hydrogen) atoms. The van der Waals surface area contributed by atoms with E-state index >= 15 is 0 Å². The van der Waals surface area contributed by atoms with Crippen LogP contribution >= 0.6 is 11.6 Å². The van der Waals surface area contributed by atoms with Crippen molar-refractivity contribution in [2.45, 2.75) is 32.7 Å². The van der Waals surface area contributed by atoms with E-state index in [4.69, 9.17) is 16.9 Å². The van der Waals surface area contributed by atoms with E-state index in [0.29, 0.717) is 16.8 Å². The van der Waals surface area contributed by atoms with Crippen LogP contribution in [0.25, 0.3) is 0 Å². The fourth-order valence-corrected chi connectivity index (χ4v) is 1.77. The van der Waals surface area contributed by atoms with Crippen LogP contribution in [0.1, 0.15) is 32.3 Å². The molecule has 0 aliphatic carbocycles. The normalized spacial score (nSPS) is 11.9. The lowest BCUT2D eigenvalue weighted by molar-refractivity contribution is 0.611. The number of hydrogen-bond donors (Lipinski definition) is 0. The predicted octanol–water partition coefficient (Wildman–Crippen LogP) is 3.23. The molecule has 1 rings (SSSR count). The Morgan fingerprint density at radius 3 is 2.81 bits per heavy atom. The van der Waals surface area contributed by atoms with Crippen molar-refractivity contribution in [1.29, 1.82) is 5.26 Å². The molecule has 1 aromatic rings. The van der Waals surface area contributed by atoms with Crippen molar-refractivity contribution < 1.29 is 0 Å². The largest absolute Gasteiger partial charge is 0.357 e. The highest BCUT2D eigenvalue weighted by atomic mass is 35.5. The first-order valence-corrected chi connectivity index (χ1v) is 5.76. The topological polar surface area (TPSA) is 39.9 Å². The Hall–Kier alpha value is -1.27. The highest BCUT2D eigenvalue weighted by Crippen LogP contribution is 2.19. The molecule has 0 aliphatic rings. The van der Waals surface area contributed by atoms with E-state index in [0.717, 1.165) is 18.7 Å². The summed E-state index contributed by atoms with van der Waals surface area (Å²) in [5.74, 6) is 0.755. The Balaban J connectivity index is 2.95. The van der Waals surface area contributed by atoms with Crippen molar-refractivity contribution in [2.24, 2.45) is 0 Å². The third-order valence-electron chi connectivity index (χ3n) is 2.64. The van der Waals surface area contributed by atoms with Crippen LogP contribution in [-0.4, -0.2) is 18.1 Å². The Bertz CT molecular complexity index is 398. The zero-order valence-electron chi connectivity index (χ0n) is 9.87. The zero-order valence-corrected chi connectivity index (χ0v) is 10.6. The van der Waals surface area contributed by atoms with Gasteiger partial charge in [-0.05, 0) is 25.5 Å². The number of anilines is 1. The molecule has 0 aliphatic heterocycles. The summed E-state index contributed by atoms with van der Waals surface area (Å²) < 4.78 is 0. The summed E-state index contributed by atoms with van der Waals surface area (Å²) in [4.78, 5) is 6.28. The Labute approximate surface area is 102 Å². The van der Waals surface area contributed by atoms with Gasteiger partial charge in [0.05, 0.1) is 11.6 Å². The predicted molar refractivity (Wildman–Crippen MR) is 66.7 cm³/mol. The van der Waals surface area contributed by atoms with E-state index in [1.165, 1.54) is 0 Å². The molecule has 3 nitrogen and oxygen atoms in total. The van der Waals surface area contributed by atoms with Crippen LogP contribution in [-0.2, 0) is 0 Å². The van der Waals surface area contributed by atoms with E-state index in [9.17, 15) is 0 Å². The van der Waals surface area contributed by atoms with Crippen LogP contribution < -0.4 is 4.90 Å². The van der Waals surface area contributed by atoms with Crippen molar-refractivity contribution in [3.8, 4) is 6.07 Å². The molecule has 86 valence electrons. The second-order valence-corrected chi connectivity index (χ2v) is 4.28. The van der Waals surface area contributed by atoms with E-state index in [1.807, 2.05) is 7.05 Å². The van der Waals surface area contributed by atoms with E-state index in [1.54, 1.807) is 12.1 Å². The first-order valence-electron chi connectivity index (χ1n) is 5.39. The Kier molecular flexibility index (Phi) is 4.57. The molecule has 1 heterocycles. The summed E-state index contributed by atoms with van der Waals surface area (Å²) in [7, 11) is 1.97. The summed E-state index contributed by atoms with van der Waals surface area (Å²) in [5.41, 5.74) is 0.547. The SMILES string of the molecule is CCCC(C)N(C)c1cc(C#N)cc(Cl)n1. The molecule has 0 bridgehead atoms. The van der Waals surface area contributed by atoms with Gasteiger partial charge in [-0.1, -0.05) is 24.9 Å². The van der Waals surface area contributed by atoms with Gasteiger partial charge in [-0.2, -0.15) is 5.26 Å². The van der Waals surface area contributed by atoms with Crippen LogP contribution in [0.2, 0.25) is 5.15 Å². The molecule has 1 aromatic heterocycles. The summed E-state index contributed by atoms with van der Waals surface area (Å²) >= 11 is 5.87. The number of hydrogen-bond acceptors (Lipinski definition) is 3. The molecule has 1 unspecified atom stereocenters. The number of rotatable bonds is 4. The van der Waals surface area contributed by atoms with Crippen molar-refractivity contribution in [2.75, 3.05) is 11.9 Å². The van der Waals surface area contributed by atoms with Gasteiger partial charge in [-0.25, -0.2) is 4.98 Å². The summed E-state index contributed by atoms with van der Waals surface area (Å²) in [5, 5.41) is 9.22. The maximum atomic E-state index is 8.86. The number of nitrogens with zero attached hydrogens (tertiary/aromatic N) is 3. The minimum atomic E-state index is 0.365. The van der Waals surface area contributed by atoms with E-state index in [-0.39, 0.29) is 0 Å². The Morgan fingerprint density at radius 2 is 2.25 bits per heavy atom. The average Bonchev–Trinajstić information content (AvgIpc) is 2.27. The smallest absolute Gasteiger partial charge is 0.132 e. The third kappa shape index (κ3) is 3.11. The highest BCUT2D eigenvalue weighted by molar-refractivity contribution is 6.29. The molecule has 0 amide bonds. The molecule has 0 aromatic carbocycles. The maximum Gasteiger partial charge on any atom is 0.132 e. The molecular formula is C12H16ClN3. The monoisotopic (exact) mass is 237 g/mol. The van der Waals surface area contributed by atoms with Crippen molar-refractivity contribution in [3.63, 3.8) is 0 Å². The van der Waals surface area contributed by atoms with Gasteiger partial charge in [-0.3, -0.25) is 0 Å². The van der Waals surface area contributed by atoms with Crippen LogP contribution in [0, 0.1) is 11.3 Å². The molecule has 0 radical (unpaired) electrons. The Morgan fingerprint density at radius 1 is 1.56 bits per heavy atom. The van der Waals surface area contributed by atoms with Gasteiger partial charge in [-0.15, -0.1) is 0 Å². The van der Waals surface area contributed by atoms with Crippen molar-refractivity contribution in [3.05, 3.63) is 22.8 Å². The molecule has 0 saturated carbocycles. The summed E-state index contributed by atoms with van der Waals surface area (Å²) in [6.45, 7) is 4.29. The second-order valence-electron chi connectivity index (χ2n) is 3.90. The van der Waals surface area contributed by atoms with Gasteiger partial charge in [0.1, 0.15) is 11.0 Å². The molecular weight excluding hydrogens is 222 g/mol. The van der Waals surface area contributed by atoms with Gasteiger partial charge in [0.15, 0.2) is 0 Å². The third-order valence-corrected chi connectivity index (χ3v) is 2.83. The quantitative estimate of drug-likeness (QED) is 0.755. The molecule has 0 N–H and O–H groups in total. The van der Waals surface area contributed by atoms with Crippen LogP contribution in [0.3, 0.4) is 0 Å². The highest BCUT2D eigenvalue weighted by Gasteiger charge is 2.11. The average molecular weight is 238 g/mol. The first kappa shape index (κ1) is 12.8. The molecule has 0 fully saturated rings. The lowest BCUT2D eigenvalue weighted by Crippen LogP contribution is -2.29. The number of pyridine rings is 1. The lowest BCUT2D eigenvalue weighted by atomic mass is 10.1. The van der Waals surface area contributed by atoms with E-state index in [2.05, 4.69) is 29.8 Å². The van der Waals surface area contributed by atoms with Crippen LogP contribution in [0.4, 0.5) is 5.82 Å². The van der Waals surface area contributed by atoms with Crippen molar-refractivity contribution >= 4 is 17.4 Å². The number of nitriles is 1. The van der Waals surface area contributed by atoms with Gasteiger partial charge in [0.25, 0.3) is 0 Å². The van der Waals surface area contributed by atoms with Gasteiger partial charge >= 0.3 is 0 Å². The fourth-order valence-electron chi connectivity index (χ4n) is 1.57. The van der Waals surface area contributed by atoms with Gasteiger partial charge in [0.2, 0.25) is 0 Å². The number of halogens is 1. The molecule has 0 spiro atoms. The fraction of sp³-hybridized carbons (Fsp3) is 0.500. The maximum absolute atomic E-state index is 8.86. The van der Waals surface area contributed by atoms with Crippen LogP contribution in [0.5, 0.6) is 0 Å². The first-order chi connectivity index (χ1) is 7.58. The summed E-state index contributed by atoms with van der Waals surface area (Å²) in [6.07, 6.45) is 2.21. The van der Waals surface area contributed by atoms with Gasteiger partial charge in [0, 0.05) is 13.1 Å². The minimum Gasteiger partial charge on any atom is -0.357 e. The minimum absolute atomic E-state index is 0.365. The number of aromatic nitrogens is 1. The van der Waals surface area contributed by atoms with E-state index < -0.39 is 0 Å². The molecule has 4 heteroatoms. The zero-order chi connectivity index (χ0) is 12.1.